The standard InChI is InChI=1S/C15H21N3O/c1-18(2)12-5-3-4-10(8-12)15(19)17-14-9-11-6-7-13(14)16-11/h3-5,8,11,13-14,16H,6-7,9H2,1-2H3,(H,17,19)/t11-,13+,14+/m1/s1. The van der Waals surface area contributed by atoms with Crippen molar-refractivity contribution in [3.05, 3.63) is 29.8 Å². The van der Waals surface area contributed by atoms with Crippen molar-refractivity contribution in [2.24, 2.45) is 0 Å². The van der Waals surface area contributed by atoms with Crippen molar-refractivity contribution >= 4 is 11.6 Å². The van der Waals surface area contributed by atoms with Gasteiger partial charge in [0.05, 0.1) is 0 Å². The molecule has 3 rings (SSSR count). The second-order valence-electron chi connectivity index (χ2n) is 5.81. The van der Waals surface area contributed by atoms with Gasteiger partial charge in [-0.3, -0.25) is 4.79 Å². The van der Waals surface area contributed by atoms with E-state index in [4.69, 9.17) is 0 Å². The number of nitrogens with one attached hydrogen (secondary N) is 2. The van der Waals surface area contributed by atoms with Gasteiger partial charge >= 0.3 is 0 Å². The van der Waals surface area contributed by atoms with Gasteiger partial charge in [0.1, 0.15) is 0 Å². The molecule has 1 aromatic carbocycles. The normalized spacial score (nSPS) is 28.4. The first-order valence-corrected chi connectivity index (χ1v) is 6.98. The first kappa shape index (κ1) is 12.5. The Kier molecular flexibility index (Phi) is 3.19. The number of anilines is 1. The van der Waals surface area contributed by atoms with E-state index in [1.54, 1.807) is 0 Å². The summed E-state index contributed by atoms with van der Waals surface area (Å²) in [5, 5.41) is 6.71. The van der Waals surface area contributed by atoms with Crippen LogP contribution in [-0.2, 0) is 0 Å². The van der Waals surface area contributed by atoms with Crippen LogP contribution in [0.4, 0.5) is 5.69 Å². The van der Waals surface area contributed by atoms with Crippen molar-refractivity contribution in [2.75, 3.05) is 19.0 Å². The summed E-state index contributed by atoms with van der Waals surface area (Å²) in [6.45, 7) is 0. The molecule has 4 nitrogen and oxygen atoms in total. The fourth-order valence-electron chi connectivity index (χ4n) is 3.16. The molecule has 2 heterocycles. The van der Waals surface area contributed by atoms with E-state index in [2.05, 4.69) is 10.6 Å². The van der Waals surface area contributed by atoms with E-state index < -0.39 is 0 Å². The van der Waals surface area contributed by atoms with Gasteiger partial charge in [-0.25, -0.2) is 0 Å². The molecule has 2 saturated heterocycles. The molecule has 0 saturated carbocycles. The molecular formula is C15H21N3O. The van der Waals surface area contributed by atoms with E-state index >= 15 is 0 Å². The summed E-state index contributed by atoms with van der Waals surface area (Å²) in [5.41, 5.74) is 1.80. The summed E-state index contributed by atoms with van der Waals surface area (Å²) in [7, 11) is 3.97. The Labute approximate surface area is 114 Å². The van der Waals surface area contributed by atoms with Crippen LogP contribution in [-0.4, -0.2) is 38.1 Å². The number of carbonyl (C=O) groups excluding carboxylic acids is 1. The SMILES string of the molecule is CN(C)c1cccc(C(=O)N[C@H]2C[C@H]3CC[C@@H]2N3)c1. The monoisotopic (exact) mass is 259 g/mol. The highest BCUT2D eigenvalue weighted by Crippen LogP contribution is 2.28. The molecule has 0 unspecified atom stereocenters. The number of hydrogen-bond acceptors (Lipinski definition) is 3. The molecule has 0 radical (unpaired) electrons. The lowest BCUT2D eigenvalue weighted by atomic mass is 9.95. The zero-order valence-electron chi connectivity index (χ0n) is 11.5. The molecule has 4 heteroatoms. The quantitative estimate of drug-likeness (QED) is 0.862. The van der Waals surface area contributed by atoms with Crippen LogP contribution in [0.2, 0.25) is 0 Å². The summed E-state index contributed by atoms with van der Waals surface area (Å²) in [6, 6.07) is 9.15. The van der Waals surface area contributed by atoms with Crippen molar-refractivity contribution in [1.82, 2.24) is 10.6 Å². The van der Waals surface area contributed by atoms with Gasteiger partial charge in [0.25, 0.3) is 5.91 Å². The number of carbonyl (C=O) groups is 1. The Bertz CT molecular complexity index is 486. The molecular weight excluding hydrogens is 238 g/mol. The fraction of sp³-hybridized carbons (Fsp3) is 0.533. The number of nitrogens with zero attached hydrogens (tertiary/aromatic N) is 1. The summed E-state index contributed by atoms with van der Waals surface area (Å²) in [4.78, 5) is 14.3. The topological polar surface area (TPSA) is 44.4 Å². The van der Waals surface area contributed by atoms with Gasteiger partial charge in [-0.1, -0.05) is 6.07 Å². The highest BCUT2D eigenvalue weighted by Gasteiger charge is 2.39. The maximum atomic E-state index is 12.3. The summed E-state index contributed by atoms with van der Waals surface area (Å²) in [6.07, 6.45) is 3.52. The highest BCUT2D eigenvalue weighted by molar-refractivity contribution is 5.95. The van der Waals surface area contributed by atoms with Gasteiger partial charge in [0.2, 0.25) is 0 Å². The maximum absolute atomic E-state index is 12.3. The third-order valence-electron chi connectivity index (χ3n) is 4.24. The summed E-state index contributed by atoms with van der Waals surface area (Å²) in [5.74, 6) is 0.0445. The van der Waals surface area contributed by atoms with Crippen LogP contribution >= 0.6 is 0 Å². The lowest BCUT2D eigenvalue weighted by Crippen LogP contribution is -2.42. The van der Waals surface area contributed by atoms with Crippen molar-refractivity contribution in [2.45, 2.75) is 37.4 Å². The smallest absolute Gasteiger partial charge is 0.251 e. The molecule has 3 atom stereocenters. The Balaban J connectivity index is 1.68. The summed E-state index contributed by atoms with van der Waals surface area (Å²) >= 11 is 0. The van der Waals surface area contributed by atoms with E-state index in [0.29, 0.717) is 18.1 Å². The Hall–Kier alpha value is -1.55. The minimum atomic E-state index is 0.0445. The average molecular weight is 259 g/mol. The number of fused-ring (bicyclic) bond motifs is 2. The number of rotatable bonds is 3. The fourth-order valence-corrected chi connectivity index (χ4v) is 3.16. The first-order valence-electron chi connectivity index (χ1n) is 6.98. The number of amides is 1. The van der Waals surface area contributed by atoms with Gasteiger partial charge in [-0.15, -0.1) is 0 Å². The zero-order chi connectivity index (χ0) is 13.4. The Morgan fingerprint density at radius 2 is 2.21 bits per heavy atom. The average Bonchev–Trinajstić information content (AvgIpc) is 3.01. The largest absolute Gasteiger partial charge is 0.378 e. The molecule has 1 aromatic rings. The molecule has 2 fully saturated rings. The third-order valence-corrected chi connectivity index (χ3v) is 4.24. The van der Waals surface area contributed by atoms with Crippen LogP contribution in [0, 0.1) is 0 Å². The Morgan fingerprint density at radius 3 is 2.84 bits per heavy atom. The van der Waals surface area contributed by atoms with Gasteiger partial charge in [-0.2, -0.15) is 0 Å². The number of benzene rings is 1. The Morgan fingerprint density at radius 1 is 1.37 bits per heavy atom. The molecule has 19 heavy (non-hydrogen) atoms. The second-order valence-corrected chi connectivity index (χ2v) is 5.81. The first-order chi connectivity index (χ1) is 9.13. The van der Waals surface area contributed by atoms with E-state index in [0.717, 1.165) is 17.7 Å². The highest BCUT2D eigenvalue weighted by atomic mass is 16.1. The van der Waals surface area contributed by atoms with Crippen molar-refractivity contribution in [3.8, 4) is 0 Å². The number of hydrogen-bond donors (Lipinski definition) is 2. The van der Waals surface area contributed by atoms with E-state index in [1.807, 2.05) is 43.3 Å². The molecule has 102 valence electrons. The molecule has 0 aliphatic carbocycles. The maximum Gasteiger partial charge on any atom is 0.251 e. The van der Waals surface area contributed by atoms with Crippen molar-refractivity contribution in [1.29, 1.82) is 0 Å². The minimum absolute atomic E-state index is 0.0445. The zero-order valence-corrected chi connectivity index (χ0v) is 11.5. The molecule has 2 N–H and O–H groups in total. The lowest BCUT2D eigenvalue weighted by Gasteiger charge is -2.22. The predicted octanol–water partition coefficient (Wildman–Crippen LogP) is 1.38. The van der Waals surface area contributed by atoms with Crippen LogP contribution in [0.25, 0.3) is 0 Å². The van der Waals surface area contributed by atoms with Crippen molar-refractivity contribution in [3.63, 3.8) is 0 Å². The molecule has 2 bridgehead atoms. The minimum Gasteiger partial charge on any atom is -0.378 e. The van der Waals surface area contributed by atoms with E-state index in [9.17, 15) is 4.79 Å². The molecule has 1 amide bonds. The molecule has 2 aliphatic heterocycles. The molecule has 0 spiro atoms. The van der Waals surface area contributed by atoms with E-state index in [-0.39, 0.29) is 5.91 Å². The van der Waals surface area contributed by atoms with Crippen LogP contribution in [0.1, 0.15) is 29.6 Å². The third kappa shape index (κ3) is 2.45. The van der Waals surface area contributed by atoms with Crippen LogP contribution < -0.4 is 15.5 Å². The molecule has 0 aromatic heterocycles. The lowest BCUT2D eigenvalue weighted by molar-refractivity contribution is 0.0931. The van der Waals surface area contributed by atoms with Crippen LogP contribution in [0.15, 0.2) is 24.3 Å². The second kappa shape index (κ2) is 4.85. The van der Waals surface area contributed by atoms with Gasteiger partial charge in [0, 0.05) is 43.5 Å². The van der Waals surface area contributed by atoms with Gasteiger partial charge in [0.15, 0.2) is 0 Å². The van der Waals surface area contributed by atoms with Crippen LogP contribution in [0.5, 0.6) is 0 Å². The van der Waals surface area contributed by atoms with Gasteiger partial charge < -0.3 is 15.5 Å². The van der Waals surface area contributed by atoms with Gasteiger partial charge in [-0.05, 0) is 37.5 Å². The molecule has 2 aliphatic rings. The predicted molar refractivity (Wildman–Crippen MR) is 76.6 cm³/mol. The van der Waals surface area contributed by atoms with Crippen molar-refractivity contribution < 1.29 is 4.79 Å². The summed E-state index contributed by atoms with van der Waals surface area (Å²) < 4.78 is 0. The van der Waals surface area contributed by atoms with E-state index in [1.165, 1.54) is 12.8 Å². The van der Waals surface area contributed by atoms with Crippen LogP contribution in [0.3, 0.4) is 0 Å².